The molecule has 3 heterocycles. The first-order valence-electron chi connectivity index (χ1n) is 15.2. The van der Waals surface area contributed by atoms with Crippen LogP contribution in [0, 0.1) is 0 Å². The van der Waals surface area contributed by atoms with Gasteiger partial charge in [0.1, 0.15) is 5.58 Å². The maximum atomic E-state index is 6.34. The monoisotopic (exact) mass is 596 g/mol. The lowest BCUT2D eigenvalue weighted by molar-refractivity contribution is 0.629. The van der Waals surface area contributed by atoms with E-state index in [1.165, 1.54) is 31.3 Å². The molecule has 0 unspecified atom stereocenters. The number of thiophene rings is 1. The molecule has 1 aliphatic rings. The number of fused-ring (bicyclic) bond motifs is 6. The molecule has 6 aromatic carbocycles. The van der Waals surface area contributed by atoms with E-state index in [0.29, 0.717) is 0 Å². The molecule has 0 fully saturated rings. The summed E-state index contributed by atoms with van der Waals surface area (Å²) < 4.78 is 8.95. The molecule has 214 valence electrons. The molecule has 0 amide bonds. The third-order valence-electron chi connectivity index (χ3n) is 8.71. The minimum Gasteiger partial charge on any atom is -0.439 e. The molecule has 0 atom stereocenters. The van der Waals surface area contributed by atoms with E-state index in [4.69, 9.17) is 4.42 Å². The second kappa shape index (κ2) is 10.5. The second-order valence-corrected chi connectivity index (χ2v) is 12.5. The van der Waals surface area contributed by atoms with Gasteiger partial charge in [0.25, 0.3) is 0 Å². The molecule has 8 aromatic rings. The molecule has 0 saturated heterocycles. The fraction of sp³-hybridized carbons (Fsp3) is 0.0244. The molecule has 3 nitrogen and oxygen atoms in total. The molecule has 0 radical (unpaired) electrons. The summed E-state index contributed by atoms with van der Waals surface area (Å²) in [5.74, 6) is 0.845. The summed E-state index contributed by atoms with van der Waals surface area (Å²) in [4.78, 5) is 2.35. The topological polar surface area (TPSA) is 28.4 Å². The van der Waals surface area contributed by atoms with Gasteiger partial charge in [-0.25, -0.2) is 0 Å². The number of nitrogens with zero attached hydrogens (tertiary/aromatic N) is 1. The zero-order chi connectivity index (χ0) is 29.7. The Kier molecular flexibility index (Phi) is 6.06. The first-order valence-corrected chi connectivity index (χ1v) is 16.1. The Balaban J connectivity index is 1.16. The first kappa shape index (κ1) is 25.9. The Labute approximate surface area is 265 Å². The Morgan fingerprint density at radius 1 is 0.556 bits per heavy atom. The van der Waals surface area contributed by atoms with E-state index >= 15 is 0 Å². The Bertz CT molecular complexity index is 2360. The zero-order valence-corrected chi connectivity index (χ0v) is 25.2. The highest BCUT2D eigenvalue weighted by molar-refractivity contribution is 7.25. The first-order chi connectivity index (χ1) is 22.3. The number of benzene rings is 6. The van der Waals surface area contributed by atoms with E-state index in [1.54, 1.807) is 0 Å². The Morgan fingerprint density at radius 3 is 2.04 bits per heavy atom. The highest BCUT2D eigenvalue weighted by atomic mass is 32.1. The van der Waals surface area contributed by atoms with Crippen molar-refractivity contribution in [2.24, 2.45) is 0 Å². The van der Waals surface area contributed by atoms with Crippen molar-refractivity contribution in [2.45, 2.75) is 0 Å². The fourth-order valence-electron chi connectivity index (χ4n) is 6.51. The van der Waals surface area contributed by atoms with E-state index < -0.39 is 0 Å². The standard InChI is InChI=1S/C41H28N2OS/c1-2-8-27(9-3-1)28-15-19-30(20-16-28)43(32-23-24-39-37(26-32)34-10-4-5-14-38(34)45-39)31-21-17-29(18-22-31)33-11-6-12-35-36-13-7-25-42-41(36)44-40(33)35/h1-24,26,42H,25H2. The van der Waals surface area contributed by atoms with Gasteiger partial charge in [0.2, 0.25) is 5.88 Å². The number of furan rings is 1. The minimum absolute atomic E-state index is 0.784. The number of hydrogen-bond donors (Lipinski definition) is 1. The van der Waals surface area contributed by atoms with Crippen LogP contribution in [-0.2, 0) is 0 Å². The van der Waals surface area contributed by atoms with E-state index in [-0.39, 0.29) is 0 Å². The number of anilines is 4. The SMILES string of the molecule is C1=Cc2c(oc3c(-c4ccc(N(c5ccc(-c6ccccc6)cc5)c5ccc6sc7ccccc7c6c5)cc4)cccc23)NC1. The molecule has 0 bridgehead atoms. The minimum atomic E-state index is 0.784. The molecule has 0 aliphatic carbocycles. The smallest absolute Gasteiger partial charge is 0.201 e. The molecule has 1 aliphatic heterocycles. The van der Waals surface area contributed by atoms with Crippen LogP contribution in [0.4, 0.5) is 22.9 Å². The van der Waals surface area contributed by atoms with Gasteiger partial charge in [0, 0.05) is 60.3 Å². The number of rotatable bonds is 5. The average Bonchev–Trinajstić information content (AvgIpc) is 3.68. The van der Waals surface area contributed by atoms with Gasteiger partial charge in [-0.3, -0.25) is 0 Å². The average molecular weight is 597 g/mol. The van der Waals surface area contributed by atoms with Crippen LogP contribution in [0.3, 0.4) is 0 Å². The van der Waals surface area contributed by atoms with Crippen LogP contribution in [0.25, 0.3) is 59.5 Å². The van der Waals surface area contributed by atoms with Gasteiger partial charge in [-0.2, -0.15) is 0 Å². The largest absolute Gasteiger partial charge is 0.439 e. The molecular formula is C41H28N2OS. The molecule has 9 rings (SSSR count). The van der Waals surface area contributed by atoms with E-state index in [0.717, 1.165) is 57.2 Å². The zero-order valence-electron chi connectivity index (χ0n) is 24.4. The van der Waals surface area contributed by atoms with Gasteiger partial charge >= 0.3 is 0 Å². The second-order valence-electron chi connectivity index (χ2n) is 11.4. The quantitative estimate of drug-likeness (QED) is 0.214. The maximum absolute atomic E-state index is 6.34. The third kappa shape index (κ3) is 4.42. The van der Waals surface area contributed by atoms with Crippen molar-refractivity contribution in [2.75, 3.05) is 16.8 Å². The van der Waals surface area contributed by atoms with Crippen LogP contribution in [0.2, 0.25) is 0 Å². The van der Waals surface area contributed by atoms with Gasteiger partial charge in [0.15, 0.2) is 0 Å². The summed E-state index contributed by atoms with van der Waals surface area (Å²) in [6.07, 6.45) is 4.29. The molecule has 4 heteroatoms. The summed E-state index contributed by atoms with van der Waals surface area (Å²) >= 11 is 1.85. The summed E-state index contributed by atoms with van der Waals surface area (Å²) in [6, 6.07) is 50.2. The van der Waals surface area contributed by atoms with Gasteiger partial charge < -0.3 is 14.6 Å². The van der Waals surface area contributed by atoms with Crippen molar-refractivity contribution in [1.29, 1.82) is 0 Å². The van der Waals surface area contributed by atoms with Crippen LogP contribution in [0.1, 0.15) is 5.56 Å². The maximum Gasteiger partial charge on any atom is 0.201 e. The van der Waals surface area contributed by atoms with Crippen molar-refractivity contribution in [3.63, 3.8) is 0 Å². The number of nitrogens with one attached hydrogen (secondary N) is 1. The van der Waals surface area contributed by atoms with E-state index in [2.05, 4.69) is 162 Å². The van der Waals surface area contributed by atoms with Crippen LogP contribution in [0.5, 0.6) is 0 Å². The van der Waals surface area contributed by atoms with Crippen molar-refractivity contribution in [1.82, 2.24) is 0 Å². The van der Waals surface area contributed by atoms with E-state index in [1.807, 2.05) is 11.3 Å². The fourth-order valence-corrected chi connectivity index (χ4v) is 7.60. The number of hydrogen-bond acceptors (Lipinski definition) is 4. The van der Waals surface area contributed by atoms with Crippen LogP contribution >= 0.6 is 11.3 Å². The van der Waals surface area contributed by atoms with Gasteiger partial charge in [-0.05, 0) is 65.2 Å². The van der Waals surface area contributed by atoms with Crippen molar-refractivity contribution in [3.05, 3.63) is 151 Å². The highest BCUT2D eigenvalue weighted by Crippen LogP contribution is 2.43. The Hall–Kier alpha value is -5.58. The summed E-state index contributed by atoms with van der Waals surface area (Å²) in [7, 11) is 0. The summed E-state index contributed by atoms with van der Waals surface area (Å²) in [5, 5.41) is 7.08. The lowest BCUT2D eigenvalue weighted by atomic mass is 10.0. The summed E-state index contributed by atoms with van der Waals surface area (Å²) in [6.45, 7) is 0.784. The molecule has 1 N–H and O–H groups in total. The molecular weight excluding hydrogens is 569 g/mol. The van der Waals surface area contributed by atoms with Crippen LogP contribution in [0.15, 0.2) is 150 Å². The van der Waals surface area contributed by atoms with Crippen LogP contribution < -0.4 is 10.2 Å². The highest BCUT2D eigenvalue weighted by Gasteiger charge is 2.19. The van der Waals surface area contributed by atoms with Crippen molar-refractivity contribution >= 4 is 71.5 Å². The lowest BCUT2D eigenvalue weighted by Crippen LogP contribution is -2.09. The Morgan fingerprint density at radius 2 is 1.22 bits per heavy atom. The van der Waals surface area contributed by atoms with Crippen LogP contribution in [-0.4, -0.2) is 6.54 Å². The predicted molar refractivity (Wildman–Crippen MR) is 192 cm³/mol. The summed E-state index contributed by atoms with van der Waals surface area (Å²) in [5.41, 5.74) is 10.0. The van der Waals surface area contributed by atoms with E-state index in [9.17, 15) is 0 Å². The molecule has 45 heavy (non-hydrogen) atoms. The molecule has 2 aromatic heterocycles. The normalized spacial score (nSPS) is 12.4. The van der Waals surface area contributed by atoms with Gasteiger partial charge in [-0.1, -0.05) is 103 Å². The van der Waals surface area contributed by atoms with Gasteiger partial charge in [-0.15, -0.1) is 11.3 Å². The molecule has 0 saturated carbocycles. The third-order valence-corrected chi connectivity index (χ3v) is 9.86. The molecule has 0 spiro atoms. The predicted octanol–water partition coefficient (Wildman–Crippen LogP) is 12.0. The van der Waals surface area contributed by atoms with Crippen molar-refractivity contribution in [3.8, 4) is 22.3 Å². The lowest BCUT2D eigenvalue weighted by Gasteiger charge is -2.26. The number of para-hydroxylation sites is 1. The van der Waals surface area contributed by atoms with Crippen molar-refractivity contribution < 1.29 is 4.42 Å². The van der Waals surface area contributed by atoms with Gasteiger partial charge in [0.05, 0.1) is 0 Å².